The molecule has 1 N–H and O–H groups in total. The molecule has 27 heavy (non-hydrogen) atoms. The molecular weight excluding hydrogens is 344 g/mol. The van der Waals surface area contributed by atoms with Crippen LogP contribution in [0.3, 0.4) is 0 Å². The molecule has 6 heteroatoms. The lowest BCUT2D eigenvalue weighted by molar-refractivity contribution is -0.712. The van der Waals surface area contributed by atoms with E-state index < -0.39 is 0 Å². The highest BCUT2D eigenvalue weighted by Gasteiger charge is 2.37. The molecule has 1 atom stereocenters. The van der Waals surface area contributed by atoms with Crippen LogP contribution in [0.25, 0.3) is 16.5 Å². The van der Waals surface area contributed by atoms with E-state index in [4.69, 9.17) is 9.47 Å². The van der Waals surface area contributed by atoms with E-state index in [1.807, 2.05) is 6.92 Å². The van der Waals surface area contributed by atoms with Crippen molar-refractivity contribution >= 4 is 28.4 Å². The Kier molecular flexibility index (Phi) is 5.09. The number of carbonyl (C=O) groups is 2. The fourth-order valence-electron chi connectivity index (χ4n) is 4.26. The van der Waals surface area contributed by atoms with E-state index in [1.165, 1.54) is 18.3 Å². The Labute approximate surface area is 159 Å². The Hall–Kier alpha value is -2.63. The molecule has 0 radical (unpaired) electrons. The number of rotatable bonds is 5. The Balaban J connectivity index is 2.09. The van der Waals surface area contributed by atoms with Crippen LogP contribution in [0.2, 0.25) is 0 Å². The second-order valence-corrected chi connectivity index (χ2v) is 7.02. The van der Waals surface area contributed by atoms with Gasteiger partial charge in [-0.05, 0) is 32.8 Å². The fraction of sp³-hybridized carbons (Fsp3) is 0.476. The zero-order valence-electron chi connectivity index (χ0n) is 16.9. The van der Waals surface area contributed by atoms with Crippen LogP contribution in [0.1, 0.15) is 67.1 Å². The summed E-state index contributed by atoms with van der Waals surface area (Å²) >= 11 is 0. The van der Waals surface area contributed by atoms with Crippen LogP contribution >= 0.6 is 0 Å². The maximum absolute atomic E-state index is 12.2. The zero-order chi connectivity index (χ0) is 19.9. The van der Waals surface area contributed by atoms with Crippen molar-refractivity contribution in [3.8, 4) is 0 Å². The number of ether oxygens (including phenoxy) is 2. The molecular formula is C21H27N2O4+. The average molecular weight is 371 g/mol. The lowest BCUT2D eigenvalue weighted by atomic mass is 10.0. The number of nitrogens with one attached hydrogen (secondary N) is 1. The van der Waals surface area contributed by atoms with E-state index in [2.05, 4.69) is 36.4 Å². The van der Waals surface area contributed by atoms with E-state index in [0.717, 1.165) is 27.9 Å². The first-order chi connectivity index (χ1) is 12.8. The van der Waals surface area contributed by atoms with Crippen molar-refractivity contribution in [1.82, 2.24) is 4.98 Å². The van der Waals surface area contributed by atoms with Gasteiger partial charge in [0.2, 0.25) is 5.69 Å². The Morgan fingerprint density at radius 2 is 1.96 bits per heavy atom. The zero-order valence-corrected chi connectivity index (χ0v) is 16.9. The van der Waals surface area contributed by atoms with Gasteiger partial charge in [-0.1, -0.05) is 0 Å². The van der Waals surface area contributed by atoms with Crippen molar-refractivity contribution in [3.05, 3.63) is 34.3 Å². The highest BCUT2D eigenvalue weighted by atomic mass is 16.5. The number of H-pyrrole nitrogens is 1. The van der Waals surface area contributed by atoms with Crippen LogP contribution in [0, 0.1) is 13.8 Å². The smallest absolute Gasteiger partial charge is 0.355 e. The third-order valence-electron chi connectivity index (χ3n) is 5.61. The van der Waals surface area contributed by atoms with Gasteiger partial charge < -0.3 is 14.5 Å². The van der Waals surface area contributed by atoms with Crippen molar-refractivity contribution in [3.63, 3.8) is 0 Å². The number of carbonyl (C=O) groups excluding carboxylic acids is 2. The first-order valence-electron chi connectivity index (χ1n) is 9.33. The van der Waals surface area contributed by atoms with Gasteiger partial charge in [0.1, 0.15) is 5.69 Å². The van der Waals surface area contributed by atoms with Crippen molar-refractivity contribution in [2.24, 2.45) is 0 Å². The van der Waals surface area contributed by atoms with Gasteiger partial charge in [0.25, 0.3) is 0 Å². The van der Waals surface area contributed by atoms with Crippen LogP contribution in [-0.4, -0.2) is 30.6 Å². The summed E-state index contributed by atoms with van der Waals surface area (Å²) in [7, 11) is 1.42. The molecule has 0 fully saturated rings. The summed E-state index contributed by atoms with van der Waals surface area (Å²) in [6, 6.07) is 2.25. The minimum absolute atomic E-state index is 0.161. The van der Waals surface area contributed by atoms with E-state index >= 15 is 0 Å². The molecule has 1 aliphatic rings. The second-order valence-electron chi connectivity index (χ2n) is 7.02. The maximum atomic E-state index is 12.2. The molecule has 3 rings (SSSR count). The van der Waals surface area contributed by atoms with Gasteiger partial charge in [-0.25, -0.2) is 4.79 Å². The van der Waals surface area contributed by atoms with Gasteiger partial charge in [0.05, 0.1) is 24.6 Å². The van der Waals surface area contributed by atoms with E-state index in [0.29, 0.717) is 25.1 Å². The van der Waals surface area contributed by atoms with E-state index in [9.17, 15) is 9.59 Å². The highest BCUT2D eigenvalue weighted by Crippen LogP contribution is 2.36. The number of nitrogens with zero attached hydrogens (tertiary/aromatic N) is 1. The number of methoxy groups -OCH3 is 1. The SMILES string of the molecule is CCOC(=O)c1[nH]c2cc3[n+](c(C)c2c1C)C(C)C(CCC(=O)OC)=C3C. The Bertz CT molecular complexity index is 968. The number of aromatic amines is 1. The third kappa shape index (κ3) is 3.03. The number of hydrogen-bond acceptors (Lipinski definition) is 4. The summed E-state index contributed by atoms with van der Waals surface area (Å²) in [6.45, 7) is 10.4. The Morgan fingerprint density at radius 1 is 1.26 bits per heavy atom. The number of allylic oxidation sites excluding steroid dienone is 2. The van der Waals surface area contributed by atoms with Crippen molar-refractivity contribution in [1.29, 1.82) is 0 Å². The van der Waals surface area contributed by atoms with Crippen molar-refractivity contribution in [2.75, 3.05) is 13.7 Å². The number of pyridine rings is 1. The van der Waals surface area contributed by atoms with Gasteiger partial charge in [0, 0.05) is 37.5 Å². The molecule has 3 heterocycles. The normalized spacial score (nSPS) is 16.0. The summed E-state index contributed by atoms with van der Waals surface area (Å²) in [5, 5.41) is 1.05. The molecule has 0 amide bonds. The number of fused-ring (bicyclic) bond motifs is 2. The standard InChI is InChI=1S/C21H26N2O4/c1-7-27-21(25)20-12(3)19-14(5)23-13(4)15(8-9-18(24)26-6)11(2)17(23)10-16(19)22-20/h10,13H,7-9H2,1-6H3/p+1. The minimum Gasteiger partial charge on any atom is -0.469 e. The van der Waals surface area contributed by atoms with E-state index in [-0.39, 0.29) is 18.0 Å². The molecule has 1 unspecified atom stereocenters. The van der Waals surface area contributed by atoms with Crippen LogP contribution in [0.15, 0.2) is 11.6 Å². The molecule has 2 aromatic rings. The predicted octanol–water partition coefficient (Wildman–Crippen LogP) is 3.55. The highest BCUT2D eigenvalue weighted by molar-refractivity contribution is 5.99. The summed E-state index contributed by atoms with van der Waals surface area (Å²) < 4.78 is 12.3. The third-order valence-corrected chi connectivity index (χ3v) is 5.61. The van der Waals surface area contributed by atoms with Crippen LogP contribution < -0.4 is 4.57 Å². The molecule has 0 bridgehead atoms. The van der Waals surface area contributed by atoms with Crippen LogP contribution in [0.5, 0.6) is 0 Å². The van der Waals surface area contributed by atoms with Gasteiger partial charge in [-0.15, -0.1) is 0 Å². The molecule has 6 nitrogen and oxygen atoms in total. The van der Waals surface area contributed by atoms with Gasteiger partial charge in [-0.3, -0.25) is 4.79 Å². The summed E-state index contributed by atoms with van der Waals surface area (Å²) in [6.07, 6.45) is 1.06. The number of aromatic nitrogens is 2. The largest absolute Gasteiger partial charge is 0.469 e. The summed E-state index contributed by atoms with van der Waals surface area (Å²) in [5.41, 5.74) is 7.00. The summed E-state index contributed by atoms with van der Waals surface area (Å²) in [5.74, 6) is -0.517. The van der Waals surface area contributed by atoms with Gasteiger partial charge >= 0.3 is 11.9 Å². The van der Waals surface area contributed by atoms with Gasteiger partial charge in [0.15, 0.2) is 11.7 Å². The second kappa shape index (κ2) is 7.18. The predicted molar refractivity (Wildman–Crippen MR) is 102 cm³/mol. The van der Waals surface area contributed by atoms with Crippen LogP contribution in [0.4, 0.5) is 0 Å². The average Bonchev–Trinajstić information content (AvgIpc) is 3.09. The molecule has 1 aliphatic heterocycles. The van der Waals surface area contributed by atoms with E-state index in [1.54, 1.807) is 6.92 Å². The number of hydrogen-bond donors (Lipinski definition) is 1. The van der Waals surface area contributed by atoms with Crippen LogP contribution in [-0.2, 0) is 14.3 Å². The molecule has 0 aromatic carbocycles. The fourth-order valence-corrected chi connectivity index (χ4v) is 4.26. The molecule has 2 aromatic heterocycles. The topological polar surface area (TPSA) is 72.3 Å². The monoisotopic (exact) mass is 371 g/mol. The first-order valence-corrected chi connectivity index (χ1v) is 9.33. The van der Waals surface area contributed by atoms with Crippen molar-refractivity contribution < 1.29 is 23.6 Å². The lowest BCUT2D eigenvalue weighted by Gasteiger charge is -2.09. The molecule has 0 saturated heterocycles. The Morgan fingerprint density at radius 3 is 2.59 bits per heavy atom. The molecule has 0 aliphatic carbocycles. The lowest BCUT2D eigenvalue weighted by Crippen LogP contribution is -2.41. The number of aryl methyl sites for hydroxylation is 2. The molecule has 144 valence electrons. The molecule has 0 spiro atoms. The maximum Gasteiger partial charge on any atom is 0.355 e. The molecule has 0 saturated carbocycles. The quantitative estimate of drug-likeness (QED) is 0.644. The number of esters is 2. The minimum atomic E-state index is -0.324. The first kappa shape index (κ1) is 19.1. The van der Waals surface area contributed by atoms with Gasteiger partial charge in [-0.2, -0.15) is 4.57 Å². The van der Waals surface area contributed by atoms with Crippen molar-refractivity contribution in [2.45, 2.75) is 53.5 Å². The summed E-state index contributed by atoms with van der Waals surface area (Å²) in [4.78, 5) is 27.1.